The molecular weight excluding hydrogens is 309 g/mol. The largest absolute Gasteiger partial charge is 0.355 e. The molecule has 1 aromatic carbocycles. The lowest BCUT2D eigenvalue weighted by atomic mass is 9.53. The van der Waals surface area contributed by atoms with Crippen LogP contribution < -0.4 is 5.32 Å². The molecule has 6 rings (SSSR count). The van der Waals surface area contributed by atoms with Gasteiger partial charge in [-0.25, -0.2) is 4.39 Å². The van der Waals surface area contributed by atoms with Gasteiger partial charge in [-0.15, -0.1) is 10.2 Å². The molecule has 5 heteroatoms. The zero-order chi connectivity index (χ0) is 15.4. The number of nitrogens with zero attached hydrogens (tertiary/aromatic N) is 2. The van der Waals surface area contributed by atoms with Crippen molar-refractivity contribution in [3.63, 3.8) is 0 Å². The van der Waals surface area contributed by atoms with E-state index in [9.17, 15) is 4.39 Å². The van der Waals surface area contributed by atoms with Crippen LogP contribution in [0.25, 0.3) is 10.6 Å². The summed E-state index contributed by atoms with van der Waals surface area (Å²) in [6.07, 6.45) is 8.22. The molecular formula is C18H20FN3S. The van der Waals surface area contributed by atoms with E-state index in [1.807, 2.05) is 0 Å². The molecule has 1 aromatic heterocycles. The van der Waals surface area contributed by atoms with Crippen LogP contribution in [-0.4, -0.2) is 15.7 Å². The van der Waals surface area contributed by atoms with Gasteiger partial charge in [0.25, 0.3) is 0 Å². The number of nitrogens with one attached hydrogen (secondary N) is 1. The Bertz CT molecular complexity index is 689. The van der Waals surface area contributed by atoms with Gasteiger partial charge in [-0.2, -0.15) is 0 Å². The van der Waals surface area contributed by atoms with Crippen LogP contribution in [0.2, 0.25) is 0 Å². The van der Waals surface area contributed by atoms with E-state index < -0.39 is 0 Å². The molecule has 4 saturated carbocycles. The summed E-state index contributed by atoms with van der Waals surface area (Å²) in [4.78, 5) is 0. The molecule has 4 aliphatic rings. The Hall–Kier alpha value is -1.49. The highest BCUT2D eigenvalue weighted by atomic mass is 32.1. The van der Waals surface area contributed by atoms with Crippen LogP contribution in [0.4, 0.5) is 9.52 Å². The normalized spacial score (nSPS) is 34.7. The number of hydrogen-bond donors (Lipinski definition) is 1. The molecule has 0 unspecified atom stereocenters. The van der Waals surface area contributed by atoms with Gasteiger partial charge in [0.05, 0.1) is 0 Å². The van der Waals surface area contributed by atoms with Gasteiger partial charge >= 0.3 is 0 Å². The van der Waals surface area contributed by atoms with E-state index in [1.54, 1.807) is 23.5 Å². The number of aromatic nitrogens is 2. The van der Waals surface area contributed by atoms with Gasteiger partial charge in [0.1, 0.15) is 10.8 Å². The number of anilines is 1. The topological polar surface area (TPSA) is 37.8 Å². The molecule has 0 saturated heterocycles. The fraction of sp³-hybridized carbons (Fsp3) is 0.556. The van der Waals surface area contributed by atoms with Gasteiger partial charge in [-0.1, -0.05) is 11.3 Å². The summed E-state index contributed by atoms with van der Waals surface area (Å²) in [5, 5.41) is 14.2. The average molecular weight is 329 g/mol. The summed E-state index contributed by atoms with van der Waals surface area (Å²) < 4.78 is 13.1. The first-order valence-corrected chi connectivity index (χ1v) is 9.37. The summed E-state index contributed by atoms with van der Waals surface area (Å²) in [5.74, 6) is 2.53. The first-order chi connectivity index (χ1) is 11.2. The molecule has 2 aromatic rings. The lowest BCUT2D eigenvalue weighted by molar-refractivity contribution is 0.0107. The lowest BCUT2D eigenvalue weighted by Gasteiger charge is -2.56. The van der Waals surface area contributed by atoms with Crippen LogP contribution in [0.3, 0.4) is 0 Å². The van der Waals surface area contributed by atoms with E-state index in [0.717, 1.165) is 33.5 Å². The van der Waals surface area contributed by atoms with Crippen LogP contribution in [0.15, 0.2) is 24.3 Å². The SMILES string of the molecule is Fc1ccc(-c2nnc(NC34CC5CC(CC(C5)C3)C4)s2)cc1. The summed E-state index contributed by atoms with van der Waals surface area (Å²) in [7, 11) is 0. The molecule has 0 spiro atoms. The molecule has 0 atom stereocenters. The van der Waals surface area contributed by atoms with E-state index in [1.165, 1.54) is 50.7 Å². The fourth-order valence-electron chi connectivity index (χ4n) is 5.47. The highest BCUT2D eigenvalue weighted by molar-refractivity contribution is 7.18. The third kappa shape index (κ3) is 2.45. The first kappa shape index (κ1) is 13.9. The predicted molar refractivity (Wildman–Crippen MR) is 89.8 cm³/mol. The van der Waals surface area contributed by atoms with Crippen LogP contribution >= 0.6 is 11.3 Å². The van der Waals surface area contributed by atoms with Crippen molar-refractivity contribution in [2.75, 3.05) is 5.32 Å². The molecule has 0 amide bonds. The molecule has 23 heavy (non-hydrogen) atoms. The Morgan fingerprint density at radius 1 is 0.957 bits per heavy atom. The molecule has 0 aliphatic heterocycles. The van der Waals surface area contributed by atoms with E-state index in [2.05, 4.69) is 15.5 Å². The number of hydrogen-bond acceptors (Lipinski definition) is 4. The van der Waals surface area contributed by atoms with Crippen LogP contribution in [0.5, 0.6) is 0 Å². The summed E-state index contributed by atoms with van der Waals surface area (Å²) in [5.41, 5.74) is 1.19. The standard InChI is InChI=1S/C18H20FN3S/c19-15-3-1-14(2-4-15)16-21-22-17(23-16)20-18-8-11-5-12(9-18)7-13(6-11)10-18/h1-4,11-13H,5-10H2,(H,20,22). The smallest absolute Gasteiger partial charge is 0.206 e. The molecule has 0 radical (unpaired) electrons. The fourth-order valence-corrected chi connectivity index (χ4v) is 6.34. The number of benzene rings is 1. The maximum Gasteiger partial charge on any atom is 0.206 e. The zero-order valence-corrected chi connectivity index (χ0v) is 13.8. The van der Waals surface area contributed by atoms with Crippen molar-refractivity contribution in [2.45, 2.75) is 44.1 Å². The van der Waals surface area contributed by atoms with Crippen molar-refractivity contribution in [3.05, 3.63) is 30.1 Å². The molecule has 4 fully saturated rings. The average Bonchev–Trinajstić information content (AvgIpc) is 2.94. The van der Waals surface area contributed by atoms with E-state index >= 15 is 0 Å². The molecule has 3 nitrogen and oxygen atoms in total. The predicted octanol–water partition coefficient (Wildman–Crippen LogP) is 4.72. The minimum atomic E-state index is -0.217. The zero-order valence-electron chi connectivity index (χ0n) is 13.0. The summed E-state index contributed by atoms with van der Waals surface area (Å²) >= 11 is 1.58. The third-order valence-corrected chi connectivity index (χ3v) is 6.81. The summed E-state index contributed by atoms with van der Waals surface area (Å²) in [6.45, 7) is 0. The van der Waals surface area contributed by atoms with Crippen molar-refractivity contribution >= 4 is 16.5 Å². The number of rotatable bonds is 3. The minimum Gasteiger partial charge on any atom is -0.355 e. The van der Waals surface area contributed by atoms with Crippen LogP contribution in [0, 0.1) is 23.6 Å². The van der Waals surface area contributed by atoms with Crippen LogP contribution in [-0.2, 0) is 0 Å². The second-order valence-corrected chi connectivity index (χ2v) is 8.72. The van der Waals surface area contributed by atoms with Gasteiger partial charge < -0.3 is 5.32 Å². The maximum atomic E-state index is 13.1. The Kier molecular flexibility index (Phi) is 3.02. The van der Waals surface area contributed by atoms with Gasteiger partial charge in [-0.05, 0) is 80.5 Å². The van der Waals surface area contributed by atoms with Gasteiger partial charge in [0.2, 0.25) is 5.13 Å². The molecule has 1 N–H and O–H groups in total. The Morgan fingerprint density at radius 2 is 1.57 bits per heavy atom. The quantitative estimate of drug-likeness (QED) is 0.885. The minimum absolute atomic E-state index is 0.217. The Labute approximate surface area is 139 Å². The van der Waals surface area contributed by atoms with Gasteiger partial charge in [0.15, 0.2) is 0 Å². The summed E-state index contributed by atoms with van der Waals surface area (Å²) in [6, 6.07) is 6.49. The number of halogens is 1. The van der Waals surface area contributed by atoms with Crippen molar-refractivity contribution in [1.29, 1.82) is 0 Å². The molecule has 120 valence electrons. The maximum absolute atomic E-state index is 13.1. The van der Waals surface area contributed by atoms with Crippen molar-refractivity contribution in [3.8, 4) is 10.6 Å². The van der Waals surface area contributed by atoms with Gasteiger partial charge in [0, 0.05) is 11.1 Å². The monoisotopic (exact) mass is 329 g/mol. The second-order valence-electron chi connectivity index (χ2n) is 7.74. The first-order valence-electron chi connectivity index (χ1n) is 8.55. The van der Waals surface area contributed by atoms with Crippen molar-refractivity contribution in [1.82, 2.24) is 10.2 Å². The molecule has 1 heterocycles. The molecule has 4 bridgehead atoms. The Morgan fingerprint density at radius 3 is 2.17 bits per heavy atom. The highest BCUT2D eigenvalue weighted by Crippen LogP contribution is 2.56. The van der Waals surface area contributed by atoms with E-state index in [4.69, 9.17) is 0 Å². The Balaban J connectivity index is 1.38. The van der Waals surface area contributed by atoms with Crippen molar-refractivity contribution in [2.24, 2.45) is 17.8 Å². The lowest BCUT2D eigenvalue weighted by Crippen LogP contribution is -2.54. The second kappa shape index (κ2) is 5.00. The van der Waals surface area contributed by atoms with Crippen molar-refractivity contribution < 1.29 is 4.39 Å². The van der Waals surface area contributed by atoms with Gasteiger partial charge in [-0.3, -0.25) is 0 Å². The van der Waals surface area contributed by atoms with E-state index in [-0.39, 0.29) is 11.4 Å². The highest BCUT2D eigenvalue weighted by Gasteiger charge is 2.51. The molecule has 4 aliphatic carbocycles. The van der Waals surface area contributed by atoms with Crippen LogP contribution in [0.1, 0.15) is 38.5 Å². The third-order valence-electron chi connectivity index (χ3n) is 5.93. The van der Waals surface area contributed by atoms with E-state index in [0.29, 0.717) is 0 Å².